The number of rotatable bonds is 3. The van der Waals surface area contributed by atoms with Gasteiger partial charge in [-0.25, -0.2) is 4.99 Å². The maximum atomic E-state index is 13.5. The van der Waals surface area contributed by atoms with Gasteiger partial charge in [0.05, 0.1) is 11.4 Å². The molecule has 6 rings (SSSR count). The number of amides is 2. The summed E-state index contributed by atoms with van der Waals surface area (Å²) in [4.78, 5) is 37.5. The second-order valence-electron chi connectivity index (χ2n) is 8.19. The monoisotopic (exact) mass is 432 g/mol. The molecule has 1 atom stereocenters. The topological polar surface area (TPSA) is 74.7 Å². The van der Waals surface area contributed by atoms with E-state index in [9.17, 15) is 9.59 Å². The summed E-state index contributed by atoms with van der Waals surface area (Å²) in [5, 5.41) is 4.69. The molecule has 0 aliphatic carbocycles. The van der Waals surface area contributed by atoms with E-state index in [1.165, 1.54) is 0 Å². The summed E-state index contributed by atoms with van der Waals surface area (Å²) in [5.41, 5.74) is 4.77. The predicted molar refractivity (Wildman–Crippen MR) is 128 cm³/mol. The summed E-state index contributed by atoms with van der Waals surface area (Å²) >= 11 is 0. The molecule has 4 aromatic rings. The Morgan fingerprint density at radius 1 is 0.939 bits per heavy atom. The number of carbonyl (C=O) groups is 2. The summed E-state index contributed by atoms with van der Waals surface area (Å²) < 4.78 is 0. The molecule has 6 nitrogen and oxygen atoms in total. The van der Waals surface area contributed by atoms with Crippen LogP contribution in [0.2, 0.25) is 0 Å². The number of benzene rings is 3. The number of pyridine rings is 1. The van der Waals surface area contributed by atoms with Gasteiger partial charge in [-0.3, -0.25) is 14.6 Å². The highest BCUT2D eigenvalue weighted by atomic mass is 16.2. The minimum atomic E-state index is -1.04. The fourth-order valence-corrected chi connectivity index (χ4v) is 4.59. The first-order chi connectivity index (χ1) is 16.2. The molecular weight excluding hydrogens is 412 g/mol. The highest BCUT2D eigenvalue weighted by molar-refractivity contribution is 6.21. The van der Waals surface area contributed by atoms with Crippen molar-refractivity contribution in [1.82, 2.24) is 10.3 Å². The van der Waals surface area contributed by atoms with Gasteiger partial charge in [0.2, 0.25) is 6.17 Å². The molecule has 6 heteroatoms. The molecular formula is C27H20N4O2. The molecule has 0 saturated heterocycles. The van der Waals surface area contributed by atoms with Gasteiger partial charge in [-0.2, -0.15) is 0 Å². The predicted octanol–water partition coefficient (Wildman–Crippen LogP) is 3.73. The van der Waals surface area contributed by atoms with Crippen LogP contribution in [0.4, 0.5) is 5.69 Å². The van der Waals surface area contributed by atoms with Crippen LogP contribution in [-0.4, -0.2) is 35.2 Å². The molecule has 0 saturated carbocycles. The van der Waals surface area contributed by atoms with E-state index in [0.717, 1.165) is 39.6 Å². The Kier molecular flexibility index (Phi) is 4.50. The van der Waals surface area contributed by atoms with Crippen molar-refractivity contribution in [3.8, 4) is 0 Å². The van der Waals surface area contributed by atoms with E-state index >= 15 is 0 Å². The molecule has 2 aliphatic heterocycles. The van der Waals surface area contributed by atoms with Crippen LogP contribution in [0.5, 0.6) is 0 Å². The van der Waals surface area contributed by atoms with Crippen LogP contribution in [0.3, 0.4) is 0 Å². The van der Waals surface area contributed by atoms with Crippen molar-refractivity contribution in [3.05, 3.63) is 107 Å². The molecule has 0 spiro atoms. The summed E-state index contributed by atoms with van der Waals surface area (Å²) in [6, 6.07) is 25.2. The third-order valence-electron chi connectivity index (χ3n) is 6.19. The Balaban J connectivity index is 1.42. The summed E-state index contributed by atoms with van der Waals surface area (Å²) in [6.07, 6.45) is 1.41. The molecule has 3 heterocycles. The Labute approximate surface area is 190 Å². The largest absolute Gasteiger partial charge is 0.321 e. The van der Waals surface area contributed by atoms with Gasteiger partial charge in [-0.15, -0.1) is 0 Å². The quantitative estimate of drug-likeness (QED) is 0.536. The standard InChI is InChI=1S/C27H20N4O2/c32-26(22-15-19-9-4-5-10-20(19)16-28-22)30-25-27(33)31-14-13-18-11-6-12-21(24(18)31)23(29-25)17-7-2-1-3-8-17/h1-12,15-16,25H,13-14H2,(H,30,32). The lowest BCUT2D eigenvalue weighted by Gasteiger charge is -2.20. The molecule has 0 radical (unpaired) electrons. The first kappa shape index (κ1) is 19.4. The van der Waals surface area contributed by atoms with Crippen LogP contribution in [0.1, 0.15) is 27.2 Å². The molecule has 0 bridgehead atoms. The van der Waals surface area contributed by atoms with E-state index in [1.54, 1.807) is 17.2 Å². The van der Waals surface area contributed by atoms with Gasteiger partial charge in [0.1, 0.15) is 5.69 Å². The maximum Gasteiger partial charge on any atom is 0.272 e. The average molecular weight is 432 g/mol. The molecule has 3 aromatic carbocycles. The summed E-state index contributed by atoms with van der Waals surface area (Å²) in [5.74, 6) is -0.665. The number of aliphatic imine (C=N–C) groups is 1. The first-order valence-electron chi connectivity index (χ1n) is 10.9. The molecule has 33 heavy (non-hydrogen) atoms. The van der Waals surface area contributed by atoms with Gasteiger partial charge in [-0.05, 0) is 23.4 Å². The third kappa shape index (κ3) is 3.27. The smallest absolute Gasteiger partial charge is 0.272 e. The Bertz CT molecular complexity index is 1450. The van der Waals surface area contributed by atoms with Gasteiger partial charge < -0.3 is 10.2 Å². The molecule has 2 aliphatic rings. The number of para-hydroxylation sites is 1. The van der Waals surface area contributed by atoms with Crippen LogP contribution in [0.15, 0.2) is 90.1 Å². The number of carbonyl (C=O) groups excluding carboxylic acids is 2. The van der Waals surface area contributed by atoms with E-state index in [0.29, 0.717) is 12.3 Å². The zero-order chi connectivity index (χ0) is 22.4. The van der Waals surface area contributed by atoms with Gasteiger partial charge in [-0.1, -0.05) is 72.8 Å². The van der Waals surface area contributed by atoms with Crippen LogP contribution < -0.4 is 10.2 Å². The second kappa shape index (κ2) is 7.67. The number of hydrogen-bond donors (Lipinski definition) is 1. The minimum absolute atomic E-state index is 0.235. The van der Waals surface area contributed by atoms with Crippen LogP contribution in [0.25, 0.3) is 10.8 Å². The molecule has 1 N–H and O–H groups in total. The normalized spacial score (nSPS) is 16.8. The lowest BCUT2D eigenvalue weighted by Crippen LogP contribution is -2.47. The van der Waals surface area contributed by atoms with Gasteiger partial charge >= 0.3 is 0 Å². The van der Waals surface area contributed by atoms with Crippen LogP contribution >= 0.6 is 0 Å². The van der Waals surface area contributed by atoms with E-state index in [2.05, 4.69) is 10.3 Å². The van der Waals surface area contributed by atoms with Crippen molar-refractivity contribution in [2.75, 3.05) is 11.4 Å². The van der Waals surface area contributed by atoms with E-state index in [1.807, 2.05) is 72.8 Å². The molecule has 1 unspecified atom stereocenters. The van der Waals surface area contributed by atoms with Gasteiger partial charge in [0.25, 0.3) is 11.8 Å². The van der Waals surface area contributed by atoms with Crippen molar-refractivity contribution < 1.29 is 9.59 Å². The van der Waals surface area contributed by atoms with Gasteiger partial charge in [0, 0.05) is 29.3 Å². The zero-order valence-electron chi connectivity index (χ0n) is 17.7. The maximum absolute atomic E-state index is 13.5. The second-order valence-corrected chi connectivity index (χ2v) is 8.19. The number of aromatic nitrogens is 1. The number of nitrogens with one attached hydrogen (secondary N) is 1. The number of hydrogen-bond acceptors (Lipinski definition) is 4. The highest BCUT2D eigenvalue weighted by Crippen LogP contribution is 2.36. The number of fused-ring (bicyclic) bond motifs is 1. The molecule has 1 aromatic heterocycles. The third-order valence-corrected chi connectivity index (χ3v) is 6.19. The zero-order valence-corrected chi connectivity index (χ0v) is 17.7. The first-order valence-corrected chi connectivity index (χ1v) is 10.9. The number of nitrogens with zero attached hydrogens (tertiary/aromatic N) is 3. The van der Waals surface area contributed by atoms with Crippen molar-refractivity contribution in [2.45, 2.75) is 12.6 Å². The van der Waals surface area contributed by atoms with Crippen molar-refractivity contribution in [2.24, 2.45) is 4.99 Å². The molecule has 2 amide bonds. The summed E-state index contributed by atoms with van der Waals surface area (Å²) in [6.45, 7) is 0.573. The van der Waals surface area contributed by atoms with Crippen molar-refractivity contribution in [1.29, 1.82) is 0 Å². The Hall–Kier alpha value is -4.32. The fraction of sp³-hybridized carbons (Fsp3) is 0.111. The Morgan fingerprint density at radius 3 is 2.58 bits per heavy atom. The lowest BCUT2D eigenvalue weighted by molar-refractivity contribution is -0.120. The van der Waals surface area contributed by atoms with Crippen LogP contribution in [0, 0.1) is 0 Å². The van der Waals surface area contributed by atoms with E-state index in [4.69, 9.17) is 4.99 Å². The average Bonchev–Trinajstić information content (AvgIpc) is 3.26. The number of anilines is 1. The fourth-order valence-electron chi connectivity index (χ4n) is 4.59. The highest BCUT2D eigenvalue weighted by Gasteiger charge is 2.37. The minimum Gasteiger partial charge on any atom is -0.321 e. The van der Waals surface area contributed by atoms with E-state index < -0.39 is 12.1 Å². The molecule has 0 fully saturated rings. The van der Waals surface area contributed by atoms with Crippen molar-refractivity contribution in [3.63, 3.8) is 0 Å². The molecule has 160 valence electrons. The van der Waals surface area contributed by atoms with Crippen LogP contribution in [-0.2, 0) is 11.2 Å². The summed E-state index contributed by atoms with van der Waals surface area (Å²) in [7, 11) is 0. The Morgan fingerprint density at radius 2 is 1.73 bits per heavy atom. The lowest BCUT2D eigenvalue weighted by atomic mass is 9.98. The van der Waals surface area contributed by atoms with Crippen molar-refractivity contribution >= 4 is 34.0 Å². The van der Waals surface area contributed by atoms with Gasteiger partial charge in [0.15, 0.2) is 0 Å². The van der Waals surface area contributed by atoms with E-state index in [-0.39, 0.29) is 11.6 Å². The SMILES string of the molecule is O=C(NC1N=C(c2ccccc2)c2cccc3c2N(CC3)C1=O)c1cc2ccccc2cn1.